The molecule has 0 aliphatic carbocycles. The lowest BCUT2D eigenvalue weighted by Crippen LogP contribution is -2.52. The third kappa shape index (κ3) is 3.84. The van der Waals surface area contributed by atoms with Crippen molar-refractivity contribution in [3.8, 4) is 11.5 Å². The van der Waals surface area contributed by atoms with Crippen LogP contribution in [0.3, 0.4) is 0 Å². The van der Waals surface area contributed by atoms with Gasteiger partial charge in [0, 0.05) is 32.7 Å². The second-order valence-electron chi connectivity index (χ2n) is 5.50. The van der Waals surface area contributed by atoms with E-state index in [1.165, 1.54) is 0 Å². The quantitative estimate of drug-likeness (QED) is 0.830. The van der Waals surface area contributed by atoms with Gasteiger partial charge in [-0.05, 0) is 17.7 Å². The SMILES string of the molecule is O=C(O)CNC(=O)N1CCN(Cc2ccc3c(c2)OCO3)CC1. The van der Waals surface area contributed by atoms with Crippen molar-refractivity contribution in [3.05, 3.63) is 23.8 Å². The maximum Gasteiger partial charge on any atom is 0.323 e. The number of carbonyl (C=O) groups is 2. The first kappa shape index (κ1) is 15.4. The summed E-state index contributed by atoms with van der Waals surface area (Å²) in [5, 5.41) is 11.0. The minimum Gasteiger partial charge on any atom is -0.480 e. The summed E-state index contributed by atoms with van der Waals surface area (Å²) in [6.07, 6.45) is 0. The molecule has 0 atom stereocenters. The Kier molecular flexibility index (Phi) is 4.52. The van der Waals surface area contributed by atoms with Crippen LogP contribution in [0.25, 0.3) is 0 Å². The zero-order chi connectivity index (χ0) is 16.2. The van der Waals surface area contributed by atoms with Crippen molar-refractivity contribution >= 4 is 12.0 Å². The molecule has 0 saturated carbocycles. The number of rotatable bonds is 4. The van der Waals surface area contributed by atoms with Gasteiger partial charge < -0.3 is 24.8 Å². The maximum absolute atomic E-state index is 11.8. The summed E-state index contributed by atoms with van der Waals surface area (Å²) in [6.45, 7) is 3.34. The number of ether oxygens (including phenoxy) is 2. The fourth-order valence-corrected chi connectivity index (χ4v) is 2.67. The van der Waals surface area contributed by atoms with E-state index in [0.717, 1.165) is 36.7 Å². The van der Waals surface area contributed by atoms with E-state index < -0.39 is 5.97 Å². The Morgan fingerprint density at radius 3 is 2.61 bits per heavy atom. The number of carbonyl (C=O) groups excluding carboxylic acids is 1. The molecule has 2 aliphatic rings. The average Bonchev–Trinajstić information content (AvgIpc) is 3.01. The zero-order valence-corrected chi connectivity index (χ0v) is 12.7. The van der Waals surface area contributed by atoms with Gasteiger partial charge in [-0.3, -0.25) is 9.69 Å². The highest BCUT2D eigenvalue weighted by Gasteiger charge is 2.22. The first-order valence-electron chi connectivity index (χ1n) is 7.47. The highest BCUT2D eigenvalue weighted by atomic mass is 16.7. The first-order chi connectivity index (χ1) is 11.1. The van der Waals surface area contributed by atoms with Crippen LogP contribution in [0.4, 0.5) is 4.79 Å². The van der Waals surface area contributed by atoms with Gasteiger partial charge in [0.05, 0.1) is 0 Å². The fraction of sp³-hybridized carbons (Fsp3) is 0.467. The molecule has 0 radical (unpaired) electrons. The molecule has 2 N–H and O–H groups in total. The van der Waals surface area contributed by atoms with Gasteiger partial charge in [-0.25, -0.2) is 4.79 Å². The molecular weight excluding hydrogens is 302 g/mol. The largest absolute Gasteiger partial charge is 0.480 e. The van der Waals surface area contributed by atoms with E-state index in [0.29, 0.717) is 13.1 Å². The molecule has 0 aromatic heterocycles. The Morgan fingerprint density at radius 2 is 1.87 bits per heavy atom. The lowest BCUT2D eigenvalue weighted by molar-refractivity contribution is -0.135. The third-order valence-corrected chi connectivity index (χ3v) is 3.89. The van der Waals surface area contributed by atoms with Crippen molar-refractivity contribution in [1.82, 2.24) is 15.1 Å². The number of carboxylic acids is 1. The summed E-state index contributed by atoms with van der Waals surface area (Å²) in [5.74, 6) is 0.502. The van der Waals surface area contributed by atoms with Crippen LogP contribution in [0.15, 0.2) is 18.2 Å². The van der Waals surface area contributed by atoms with Crippen molar-refractivity contribution in [2.75, 3.05) is 39.5 Å². The molecule has 0 bridgehead atoms. The molecule has 2 heterocycles. The van der Waals surface area contributed by atoms with E-state index in [9.17, 15) is 9.59 Å². The number of hydrogen-bond acceptors (Lipinski definition) is 5. The smallest absolute Gasteiger partial charge is 0.323 e. The third-order valence-electron chi connectivity index (χ3n) is 3.89. The molecular formula is C15H19N3O5. The van der Waals surface area contributed by atoms with Crippen LogP contribution in [0.1, 0.15) is 5.56 Å². The molecule has 0 spiro atoms. The van der Waals surface area contributed by atoms with Crippen molar-refractivity contribution in [3.63, 3.8) is 0 Å². The summed E-state index contributed by atoms with van der Waals surface area (Å²) in [6, 6.07) is 5.58. The second kappa shape index (κ2) is 6.74. The maximum atomic E-state index is 11.8. The normalized spacial score (nSPS) is 17.1. The monoisotopic (exact) mass is 321 g/mol. The Bertz CT molecular complexity index is 599. The molecule has 1 fully saturated rings. The summed E-state index contributed by atoms with van der Waals surface area (Å²) in [5.41, 5.74) is 1.14. The van der Waals surface area contributed by atoms with Crippen molar-refractivity contribution in [2.24, 2.45) is 0 Å². The van der Waals surface area contributed by atoms with Gasteiger partial charge in [-0.1, -0.05) is 6.07 Å². The number of benzene rings is 1. The van der Waals surface area contributed by atoms with Gasteiger partial charge >= 0.3 is 12.0 Å². The van der Waals surface area contributed by atoms with Gasteiger partial charge in [0.25, 0.3) is 0 Å². The van der Waals surface area contributed by atoms with Gasteiger partial charge in [0.15, 0.2) is 11.5 Å². The van der Waals surface area contributed by atoms with Gasteiger partial charge in [0.1, 0.15) is 6.54 Å². The number of nitrogens with zero attached hydrogens (tertiary/aromatic N) is 2. The minimum absolute atomic E-state index is 0.267. The van der Waals surface area contributed by atoms with E-state index >= 15 is 0 Å². The summed E-state index contributed by atoms with van der Waals surface area (Å²) < 4.78 is 10.7. The van der Waals surface area contributed by atoms with Gasteiger partial charge in [-0.15, -0.1) is 0 Å². The van der Waals surface area contributed by atoms with Crippen molar-refractivity contribution in [1.29, 1.82) is 0 Å². The predicted molar refractivity (Wildman–Crippen MR) is 80.4 cm³/mol. The average molecular weight is 321 g/mol. The standard InChI is InChI=1S/C15H19N3O5/c19-14(20)8-16-15(21)18-5-3-17(4-6-18)9-11-1-2-12-13(7-11)23-10-22-12/h1-2,7H,3-6,8-10H2,(H,16,21)(H,19,20). The van der Waals surface area contributed by atoms with Crippen LogP contribution < -0.4 is 14.8 Å². The summed E-state index contributed by atoms with van der Waals surface area (Å²) in [4.78, 5) is 26.1. The van der Waals surface area contributed by atoms with E-state index in [-0.39, 0.29) is 19.4 Å². The van der Waals surface area contributed by atoms with E-state index in [1.807, 2.05) is 18.2 Å². The number of carboxylic acid groups (broad SMARTS) is 1. The Morgan fingerprint density at radius 1 is 1.13 bits per heavy atom. The topological polar surface area (TPSA) is 91.3 Å². The van der Waals surface area contributed by atoms with E-state index in [1.54, 1.807) is 4.90 Å². The van der Waals surface area contributed by atoms with Gasteiger partial charge in [-0.2, -0.15) is 0 Å². The second-order valence-corrected chi connectivity index (χ2v) is 5.50. The van der Waals surface area contributed by atoms with Crippen LogP contribution in [-0.2, 0) is 11.3 Å². The number of aliphatic carboxylic acids is 1. The molecule has 1 aromatic carbocycles. The molecule has 3 rings (SSSR count). The number of amides is 2. The Labute approximate surface area is 133 Å². The molecule has 1 aromatic rings. The molecule has 124 valence electrons. The Hall–Kier alpha value is -2.48. The molecule has 1 saturated heterocycles. The van der Waals surface area contributed by atoms with Crippen molar-refractivity contribution < 1.29 is 24.2 Å². The lowest BCUT2D eigenvalue weighted by atomic mass is 10.1. The van der Waals surface area contributed by atoms with Crippen LogP contribution in [-0.4, -0.2) is 66.4 Å². The van der Waals surface area contributed by atoms with Gasteiger partial charge in [0.2, 0.25) is 6.79 Å². The van der Waals surface area contributed by atoms with E-state index in [2.05, 4.69) is 10.2 Å². The fourth-order valence-electron chi connectivity index (χ4n) is 2.67. The van der Waals surface area contributed by atoms with Crippen LogP contribution in [0.2, 0.25) is 0 Å². The molecule has 2 amide bonds. The highest BCUT2D eigenvalue weighted by molar-refractivity contribution is 5.80. The summed E-state index contributed by atoms with van der Waals surface area (Å²) >= 11 is 0. The Balaban J connectivity index is 1.47. The summed E-state index contributed by atoms with van der Waals surface area (Å²) in [7, 11) is 0. The highest BCUT2D eigenvalue weighted by Crippen LogP contribution is 2.32. The van der Waals surface area contributed by atoms with E-state index in [4.69, 9.17) is 14.6 Å². The number of hydrogen-bond donors (Lipinski definition) is 2. The number of piperazine rings is 1. The molecule has 23 heavy (non-hydrogen) atoms. The number of nitrogens with one attached hydrogen (secondary N) is 1. The molecule has 8 heteroatoms. The predicted octanol–water partition coefficient (Wildman–Crippen LogP) is 0.327. The number of urea groups is 1. The minimum atomic E-state index is -1.04. The molecule has 8 nitrogen and oxygen atoms in total. The number of fused-ring (bicyclic) bond motifs is 1. The molecule has 2 aliphatic heterocycles. The van der Waals surface area contributed by atoms with Crippen LogP contribution in [0, 0.1) is 0 Å². The van der Waals surface area contributed by atoms with Crippen LogP contribution in [0.5, 0.6) is 11.5 Å². The first-order valence-corrected chi connectivity index (χ1v) is 7.47. The van der Waals surface area contributed by atoms with Crippen molar-refractivity contribution in [2.45, 2.75) is 6.54 Å². The lowest BCUT2D eigenvalue weighted by Gasteiger charge is -2.34. The molecule has 0 unspecified atom stereocenters. The zero-order valence-electron chi connectivity index (χ0n) is 12.7. The van der Waals surface area contributed by atoms with Crippen LogP contribution >= 0.6 is 0 Å².